The second-order valence-corrected chi connectivity index (χ2v) is 7.29. The van der Waals surface area contributed by atoms with E-state index < -0.39 is 0 Å². The number of hydrogen-bond acceptors (Lipinski definition) is 5. The van der Waals surface area contributed by atoms with Gasteiger partial charge in [-0.15, -0.1) is 0 Å². The maximum absolute atomic E-state index is 12.5. The Balaban J connectivity index is 1.58. The molecule has 2 aromatic rings. The SMILES string of the molecule is COc1ccc(C)nc1-c1cccc(C(=O)NCCCN2CCCC(O)C2)c1. The highest BCUT2D eigenvalue weighted by atomic mass is 16.5. The number of hydrogen-bond donors (Lipinski definition) is 2. The molecule has 150 valence electrons. The number of ether oxygens (including phenoxy) is 1. The van der Waals surface area contributed by atoms with E-state index in [0.29, 0.717) is 17.9 Å². The van der Waals surface area contributed by atoms with Gasteiger partial charge in [0.15, 0.2) is 0 Å². The number of nitrogens with one attached hydrogen (secondary N) is 1. The number of pyridine rings is 1. The minimum Gasteiger partial charge on any atom is -0.494 e. The first kappa shape index (κ1) is 20.3. The summed E-state index contributed by atoms with van der Waals surface area (Å²) in [5.74, 6) is 0.596. The number of rotatable bonds is 7. The number of carbonyl (C=O) groups is 1. The summed E-state index contributed by atoms with van der Waals surface area (Å²) in [4.78, 5) is 19.4. The Kier molecular flexibility index (Phi) is 7.01. The van der Waals surface area contributed by atoms with Gasteiger partial charge < -0.3 is 20.1 Å². The fourth-order valence-corrected chi connectivity index (χ4v) is 3.56. The van der Waals surface area contributed by atoms with Gasteiger partial charge in [-0.1, -0.05) is 12.1 Å². The Bertz CT molecular complexity index is 809. The molecule has 0 radical (unpaired) electrons. The van der Waals surface area contributed by atoms with Crippen LogP contribution in [-0.4, -0.2) is 60.3 Å². The number of nitrogens with zero attached hydrogens (tertiary/aromatic N) is 2. The van der Waals surface area contributed by atoms with Crippen LogP contribution in [-0.2, 0) is 0 Å². The number of likely N-dealkylation sites (tertiary alicyclic amines) is 1. The van der Waals surface area contributed by atoms with Crippen LogP contribution in [0.3, 0.4) is 0 Å². The first-order chi connectivity index (χ1) is 13.6. The van der Waals surface area contributed by atoms with E-state index in [-0.39, 0.29) is 12.0 Å². The largest absolute Gasteiger partial charge is 0.494 e. The van der Waals surface area contributed by atoms with Crippen molar-refractivity contribution >= 4 is 5.91 Å². The molecule has 1 fully saturated rings. The summed E-state index contributed by atoms with van der Waals surface area (Å²) in [7, 11) is 1.62. The van der Waals surface area contributed by atoms with Crippen LogP contribution in [0, 0.1) is 6.92 Å². The number of piperidine rings is 1. The number of aliphatic hydroxyl groups is 1. The molecule has 0 spiro atoms. The predicted octanol–water partition coefficient (Wildman–Crippen LogP) is 2.64. The summed E-state index contributed by atoms with van der Waals surface area (Å²) in [5.41, 5.74) is 3.10. The van der Waals surface area contributed by atoms with Crippen molar-refractivity contribution in [2.24, 2.45) is 0 Å². The van der Waals surface area contributed by atoms with E-state index in [9.17, 15) is 9.90 Å². The third-order valence-corrected chi connectivity index (χ3v) is 5.03. The molecule has 0 saturated carbocycles. The van der Waals surface area contributed by atoms with E-state index in [1.165, 1.54) is 0 Å². The van der Waals surface area contributed by atoms with Crippen molar-refractivity contribution in [1.29, 1.82) is 0 Å². The fourth-order valence-electron chi connectivity index (χ4n) is 3.56. The highest BCUT2D eigenvalue weighted by molar-refractivity contribution is 5.95. The molecule has 0 aliphatic carbocycles. The first-order valence-electron chi connectivity index (χ1n) is 9.87. The van der Waals surface area contributed by atoms with E-state index in [4.69, 9.17) is 4.74 Å². The van der Waals surface area contributed by atoms with Gasteiger partial charge in [-0.2, -0.15) is 0 Å². The third kappa shape index (κ3) is 5.30. The quantitative estimate of drug-likeness (QED) is 0.719. The zero-order valence-electron chi connectivity index (χ0n) is 16.6. The van der Waals surface area contributed by atoms with Crippen LogP contribution in [0.1, 0.15) is 35.3 Å². The molecule has 1 aliphatic heterocycles. The Hall–Kier alpha value is -2.44. The number of aliphatic hydroxyl groups excluding tert-OH is 1. The molecule has 1 aromatic heterocycles. The van der Waals surface area contributed by atoms with Gasteiger partial charge in [0.1, 0.15) is 11.4 Å². The Morgan fingerprint density at radius 3 is 3.00 bits per heavy atom. The van der Waals surface area contributed by atoms with Gasteiger partial charge in [-0.3, -0.25) is 4.79 Å². The van der Waals surface area contributed by atoms with Crippen molar-refractivity contribution in [2.45, 2.75) is 32.3 Å². The van der Waals surface area contributed by atoms with Crippen molar-refractivity contribution in [3.8, 4) is 17.0 Å². The maximum atomic E-state index is 12.5. The van der Waals surface area contributed by atoms with Crippen molar-refractivity contribution in [3.05, 3.63) is 47.7 Å². The molecule has 1 unspecified atom stereocenters. The number of methoxy groups -OCH3 is 1. The molecule has 2 N–H and O–H groups in total. The maximum Gasteiger partial charge on any atom is 0.251 e. The van der Waals surface area contributed by atoms with Crippen LogP contribution in [0.5, 0.6) is 5.75 Å². The minimum absolute atomic E-state index is 0.0906. The topological polar surface area (TPSA) is 74.7 Å². The van der Waals surface area contributed by atoms with E-state index in [0.717, 1.165) is 55.8 Å². The zero-order valence-corrected chi connectivity index (χ0v) is 16.6. The molecule has 2 heterocycles. The number of β-amino-alcohol motifs (C(OH)–C–C–N with tert-alkyl or cyclic N) is 1. The Morgan fingerprint density at radius 1 is 1.36 bits per heavy atom. The Labute approximate surface area is 166 Å². The number of aromatic nitrogens is 1. The molecule has 0 bridgehead atoms. The highest BCUT2D eigenvalue weighted by Gasteiger charge is 2.17. The van der Waals surface area contributed by atoms with E-state index in [1.54, 1.807) is 7.11 Å². The summed E-state index contributed by atoms with van der Waals surface area (Å²) in [6.07, 6.45) is 2.59. The molecule has 1 aromatic carbocycles. The lowest BCUT2D eigenvalue weighted by Gasteiger charge is -2.29. The molecular formula is C22H29N3O3. The summed E-state index contributed by atoms with van der Waals surface area (Å²) in [6.45, 7) is 5.20. The van der Waals surface area contributed by atoms with Crippen LogP contribution in [0.15, 0.2) is 36.4 Å². The number of amides is 1. The lowest BCUT2D eigenvalue weighted by Crippen LogP contribution is -2.39. The van der Waals surface area contributed by atoms with Crippen LogP contribution < -0.4 is 10.1 Å². The van der Waals surface area contributed by atoms with Crippen molar-refractivity contribution in [2.75, 3.05) is 33.3 Å². The minimum atomic E-state index is -0.210. The summed E-state index contributed by atoms with van der Waals surface area (Å²) in [5, 5.41) is 12.7. The summed E-state index contributed by atoms with van der Waals surface area (Å²) < 4.78 is 5.41. The predicted molar refractivity (Wildman–Crippen MR) is 110 cm³/mol. The Morgan fingerprint density at radius 2 is 2.21 bits per heavy atom. The number of carbonyl (C=O) groups excluding carboxylic acids is 1. The molecule has 3 rings (SSSR count). The average Bonchev–Trinajstić information content (AvgIpc) is 2.71. The van der Waals surface area contributed by atoms with Crippen LogP contribution in [0.4, 0.5) is 0 Å². The van der Waals surface area contributed by atoms with E-state index in [1.807, 2.05) is 43.3 Å². The molecule has 1 aliphatic rings. The molecule has 28 heavy (non-hydrogen) atoms. The van der Waals surface area contributed by atoms with Crippen LogP contribution in [0.25, 0.3) is 11.3 Å². The second-order valence-electron chi connectivity index (χ2n) is 7.29. The van der Waals surface area contributed by atoms with Gasteiger partial charge in [0.25, 0.3) is 5.91 Å². The van der Waals surface area contributed by atoms with E-state index >= 15 is 0 Å². The van der Waals surface area contributed by atoms with Crippen molar-refractivity contribution in [3.63, 3.8) is 0 Å². The molecule has 1 saturated heterocycles. The van der Waals surface area contributed by atoms with Gasteiger partial charge in [-0.05, 0) is 63.5 Å². The molecule has 1 atom stereocenters. The number of aryl methyl sites for hydroxylation is 1. The lowest BCUT2D eigenvalue weighted by atomic mass is 10.1. The smallest absolute Gasteiger partial charge is 0.251 e. The van der Waals surface area contributed by atoms with E-state index in [2.05, 4.69) is 15.2 Å². The van der Waals surface area contributed by atoms with Gasteiger partial charge in [-0.25, -0.2) is 4.98 Å². The van der Waals surface area contributed by atoms with Crippen molar-refractivity contribution in [1.82, 2.24) is 15.2 Å². The molecule has 6 nitrogen and oxygen atoms in total. The normalized spacial score (nSPS) is 17.3. The summed E-state index contributed by atoms with van der Waals surface area (Å²) in [6, 6.07) is 11.2. The summed E-state index contributed by atoms with van der Waals surface area (Å²) >= 11 is 0. The monoisotopic (exact) mass is 383 g/mol. The van der Waals surface area contributed by atoms with Crippen molar-refractivity contribution < 1.29 is 14.6 Å². The molecular weight excluding hydrogens is 354 g/mol. The molecule has 1 amide bonds. The number of benzene rings is 1. The van der Waals surface area contributed by atoms with Gasteiger partial charge in [0.05, 0.1) is 13.2 Å². The second kappa shape index (κ2) is 9.66. The highest BCUT2D eigenvalue weighted by Crippen LogP contribution is 2.28. The van der Waals surface area contributed by atoms with Gasteiger partial charge >= 0.3 is 0 Å². The zero-order chi connectivity index (χ0) is 19.9. The average molecular weight is 383 g/mol. The van der Waals surface area contributed by atoms with Crippen LogP contribution in [0.2, 0.25) is 0 Å². The molecule has 6 heteroatoms. The third-order valence-electron chi connectivity index (χ3n) is 5.03. The van der Waals surface area contributed by atoms with Gasteiger partial charge in [0, 0.05) is 29.9 Å². The van der Waals surface area contributed by atoms with Gasteiger partial charge in [0.2, 0.25) is 0 Å². The lowest BCUT2D eigenvalue weighted by molar-refractivity contribution is 0.0697. The fraction of sp³-hybridized carbons (Fsp3) is 0.455. The van der Waals surface area contributed by atoms with Crippen LogP contribution >= 0.6 is 0 Å². The first-order valence-corrected chi connectivity index (χ1v) is 9.87. The standard InChI is InChI=1S/C22H29N3O3/c1-16-9-10-20(28-2)21(24-16)17-6-3-7-18(14-17)22(27)23-11-5-13-25-12-4-8-19(26)15-25/h3,6-7,9-10,14,19,26H,4-5,8,11-13,15H2,1-2H3,(H,23,27).